The maximum atomic E-state index is 12.7. The van der Waals surface area contributed by atoms with Gasteiger partial charge in [0.15, 0.2) is 0 Å². The molecule has 0 aliphatic rings. The molecule has 1 aromatic carbocycles. The van der Waals surface area contributed by atoms with Crippen LogP contribution in [0.3, 0.4) is 0 Å². The Morgan fingerprint density at radius 1 is 1.24 bits per heavy atom. The molecule has 0 heterocycles. The topological polar surface area (TPSA) is 66.4 Å². The monoisotopic (exact) mass is 321 g/mol. The zero-order valence-corrected chi connectivity index (χ0v) is 13.0. The Bertz CT molecular complexity index is 549. The molecule has 0 aliphatic carbocycles. The fourth-order valence-electron chi connectivity index (χ4n) is 2.02. The van der Waals surface area contributed by atoms with Gasteiger partial charge >= 0.3 is 5.76 Å². The number of hydrogen-bond donors (Lipinski definition) is 2. The van der Waals surface area contributed by atoms with E-state index in [0.717, 1.165) is 6.07 Å². The maximum Gasteiger partial charge on any atom is 0.341 e. The van der Waals surface area contributed by atoms with Gasteiger partial charge in [-0.1, -0.05) is 26.0 Å². The fraction of sp³-hybridized carbons (Fsp3) is 0.571. The van der Waals surface area contributed by atoms with Crippen LogP contribution in [0.4, 0.5) is 14.5 Å². The van der Waals surface area contributed by atoms with Crippen molar-refractivity contribution in [3.8, 4) is 0 Å². The Hall–Kier alpha value is -1.21. The van der Waals surface area contributed by atoms with Gasteiger partial charge in [-0.3, -0.25) is 0 Å². The normalized spacial score (nSPS) is 12.7. The smallest absolute Gasteiger partial charge is 0.341 e. The van der Waals surface area contributed by atoms with E-state index in [1.807, 2.05) is 13.8 Å². The van der Waals surface area contributed by atoms with Crippen molar-refractivity contribution in [2.75, 3.05) is 18.5 Å². The lowest BCUT2D eigenvalue weighted by Gasteiger charge is -2.30. The number of halogens is 2. The molecule has 0 saturated heterocycles. The van der Waals surface area contributed by atoms with E-state index in [0.29, 0.717) is 19.4 Å². The summed E-state index contributed by atoms with van der Waals surface area (Å²) in [4.78, 5) is -0.418. The number of hydrogen-bond acceptors (Lipinski definition) is 4. The molecule has 0 fully saturated rings. The largest absolute Gasteiger partial charge is 0.396 e. The van der Waals surface area contributed by atoms with Crippen LogP contribution in [-0.4, -0.2) is 32.4 Å². The first-order valence-corrected chi connectivity index (χ1v) is 8.33. The third-order valence-corrected chi connectivity index (χ3v) is 5.36. The van der Waals surface area contributed by atoms with Crippen LogP contribution in [0.15, 0.2) is 29.2 Å². The molecule has 0 amide bonds. The van der Waals surface area contributed by atoms with Gasteiger partial charge in [0.1, 0.15) is 0 Å². The van der Waals surface area contributed by atoms with E-state index in [1.54, 1.807) is 6.07 Å². The molecular formula is C14H21F2NO3S. The summed E-state index contributed by atoms with van der Waals surface area (Å²) >= 11 is 0. The minimum atomic E-state index is -4.65. The zero-order chi connectivity index (χ0) is 16.1. The SMILES string of the molecule is CCC(CC)(CO)CNc1ccccc1S(=O)(=O)C(F)F. The maximum absolute atomic E-state index is 12.7. The Morgan fingerprint density at radius 3 is 2.29 bits per heavy atom. The van der Waals surface area contributed by atoms with Crippen LogP contribution in [0, 0.1) is 5.41 Å². The third kappa shape index (κ3) is 3.91. The van der Waals surface area contributed by atoms with Crippen molar-refractivity contribution < 1.29 is 22.3 Å². The fourth-order valence-corrected chi connectivity index (χ4v) is 2.93. The number of rotatable bonds is 8. The number of benzene rings is 1. The molecule has 1 aromatic rings. The molecule has 0 aliphatic heterocycles. The summed E-state index contributed by atoms with van der Waals surface area (Å²) in [5.74, 6) is -3.46. The summed E-state index contributed by atoms with van der Waals surface area (Å²) in [7, 11) is -4.65. The van der Waals surface area contributed by atoms with E-state index in [4.69, 9.17) is 0 Å². The highest BCUT2D eigenvalue weighted by Gasteiger charge is 2.30. The highest BCUT2D eigenvalue weighted by Crippen LogP contribution is 2.30. The zero-order valence-electron chi connectivity index (χ0n) is 12.1. The lowest BCUT2D eigenvalue weighted by molar-refractivity contribution is 0.127. The highest BCUT2D eigenvalue weighted by molar-refractivity contribution is 7.91. The Balaban J connectivity index is 3.06. The number of anilines is 1. The van der Waals surface area contributed by atoms with Gasteiger partial charge < -0.3 is 10.4 Å². The van der Waals surface area contributed by atoms with Gasteiger partial charge in [0.2, 0.25) is 9.84 Å². The van der Waals surface area contributed by atoms with Crippen molar-refractivity contribution in [1.29, 1.82) is 0 Å². The van der Waals surface area contributed by atoms with E-state index >= 15 is 0 Å². The van der Waals surface area contributed by atoms with Crippen molar-refractivity contribution >= 4 is 15.5 Å². The van der Waals surface area contributed by atoms with Crippen LogP contribution in [0.5, 0.6) is 0 Å². The van der Waals surface area contributed by atoms with Crippen LogP contribution in [0.1, 0.15) is 26.7 Å². The van der Waals surface area contributed by atoms with Crippen molar-refractivity contribution in [2.24, 2.45) is 5.41 Å². The number of sulfone groups is 1. The van der Waals surface area contributed by atoms with Crippen molar-refractivity contribution in [3.63, 3.8) is 0 Å². The second-order valence-electron chi connectivity index (χ2n) is 5.02. The first kappa shape index (κ1) is 17.8. The van der Waals surface area contributed by atoms with E-state index in [1.165, 1.54) is 12.1 Å². The molecule has 0 aromatic heterocycles. The van der Waals surface area contributed by atoms with Crippen LogP contribution in [0.25, 0.3) is 0 Å². The van der Waals surface area contributed by atoms with Gasteiger partial charge in [-0.15, -0.1) is 0 Å². The number of alkyl halides is 2. The summed E-state index contributed by atoms with van der Waals surface area (Å²) < 4.78 is 48.7. The molecule has 2 N–H and O–H groups in total. The van der Waals surface area contributed by atoms with Crippen LogP contribution >= 0.6 is 0 Å². The second-order valence-corrected chi connectivity index (χ2v) is 6.91. The Morgan fingerprint density at radius 2 is 1.81 bits per heavy atom. The number of aliphatic hydroxyl groups excluding tert-OH is 1. The van der Waals surface area contributed by atoms with Gasteiger partial charge in [-0.25, -0.2) is 8.42 Å². The van der Waals surface area contributed by atoms with Crippen molar-refractivity contribution in [1.82, 2.24) is 0 Å². The summed E-state index contributed by atoms with van der Waals surface area (Å²) in [5.41, 5.74) is -0.264. The van der Waals surface area contributed by atoms with E-state index in [-0.39, 0.29) is 12.3 Å². The molecule has 0 spiro atoms. The minimum absolute atomic E-state index is 0.0588. The third-order valence-electron chi connectivity index (χ3n) is 3.92. The molecule has 0 radical (unpaired) electrons. The molecule has 1 rings (SSSR count). The minimum Gasteiger partial charge on any atom is -0.396 e. The predicted molar refractivity (Wildman–Crippen MR) is 78.2 cm³/mol. The highest BCUT2D eigenvalue weighted by atomic mass is 32.2. The standard InChI is InChI=1S/C14H21F2NO3S/c1-3-14(4-2,10-18)9-17-11-7-5-6-8-12(11)21(19,20)13(15)16/h5-8,13,17-18H,3-4,9-10H2,1-2H3. The first-order chi connectivity index (χ1) is 9.83. The van der Waals surface area contributed by atoms with Crippen molar-refractivity contribution in [2.45, 2.75) is 37.3 Å². The summed E-state index contributed by atoms with van der Waals surface area (Å²) in [6, 6.07) is 5.58. The molecule has 7 heteroatoms. The second kappa shape index (κ2) is 7.17. The molecule has 0 atom stereocenters. The van der Waals surface area contributed by atoms with E-state index in [2.05, 4.69) is 5.32 Å². The molecule has 4 nitrogen and oxygen atoms in total. The van der Waals surface area contributed by atoms with E-state index < -0.39 is 25.9 Å². The van der Waals surface area contributed by atoms with Crippen LogP contribution in [0.2, 0.25) is 0 Å². The Labute approximate surface area is 124 Å². The van der Waals surface area contributed by atoms with Gasteiger partial charge in [0.05, 0.1) is 17.2 Å². The molecule has 0 bridgehead atoms. The first-order valence-electron chi connectivity index (χ1n) is 6.79. The van der Waals surface area contributed by atoms with Crippen LogP contribution < -0.4 is 5.32 Å². The number of aliphatic hydroxyl groups is 1. The molecule has 0 unspecified atom stereocenters. The molecular weight excluding hydrogens is 300 g/mol. The summed E-state index contributed by atoms with van der Waals surface area (Å²) in [5, 5.41) is 12.4. The van der Waals surface area contributed by atoms with Crippen molar-refractivity contribution in [3.05, 3.63) is 24.3 Å². The van der Waals surface area contributed by atoms with Crippen LogP contribution in [-0.2, 0) is 9.84 Å². The lowest BCUT2D eigenvalue weighted by Crippen LogP contribution is -2.32. The Kier molecular flexibility index (Phi) is 6.10. The average molecular weight is 321 g/mol. The van der Waals surface area contributed by atoms with Gasteiger partial charge in [-0.05, 0) is 25.0 Å². The number of nitrogens with one attached hydrogen (secondary N) is 1. The predicted octanol–water partition coefficient (Wildman–Crippen LogP) is 2.89. The van der Waals surface area contributed by atoms with Gasteiger partial charge in [-0.2, -0.15) is 8.78 Å². The van der Waals surface area contributed by atoms with E-state index in [9.17, 15) is 22.3 Å². The van der Waals surface area contributed by atoms with Gasteiger partial charge in [0, 0.05) is 12.0 Å². The molecule has 120 valence electrons. The quantitative estimate of drug-likeness (QED) is 0.772. The summed E-state index contributed by atoms with van der Waals surface area (Å²) in [6.07, 6.45) is 1.38. The van der Waals surface area contributed by atoms with Gasteiger partial charge in [0.25, 0.3) is 0 Å². The average Bonchev–Trinajstić information content (AvgIpc) is 2.49. The molecule has 21 heavy (non-hydrogen) atoms. The summed E-state index contributed by atoms with van der Waals surface area (Å²) in [6.45, 7) is 4.09. The molecule has 0 saturated carbocycles. The lowest BCUT2D eigenvalue weighted by atomic mass is 9.83. The number of para-hydroxylation sites is 1.